The van der Waals surface area contributed by atoms with E-state index in [-0.39, 0.29) is 0 Å². The molecule has 0 bridgehead atoms. The Morgan fingerprint density at radius 1 is 1.33 bits per heavy atom. The molecule has 0 radical (unpaired) electrons. The molecule has 2 unspecified atom stereocenters. The highest BCUT2D eigenvalue weighted by Gasteiger charge is 2.20. The first-order valence-corrected chi connectivity index (χ1v) is 5.09. The normalized spacial score (nSPS) is 28.8. The van der Waals surface area contributed by atoms with Crippen LogP contribution in [-0.2, 0) is 4.79 Å². The van der Waals surface area contributed by atoms with E-state index >= 15 is 0 Å². The van der Waals surface area contributed by atoms with Crippen LogP contribution in [0, 0.1) is 0 Å². The minimum Gasteiger partial charge on any atom is -0.343 e. The maximum Gasteiger partial charge on any atom is 0.209 e. The van der Waals surface area contributed by atoms with Gasteiger partial charge in [-0.15, -0.1) is 0 Å². The van der Waals surface area contributed by atoms with Gasteiger partial charge in [0.1, 0.15) is 0 Å². The third-order valence-corrected chi connectivity index (χ3v) is 2.82. The summed E-state index contributed by atoms with van der Waals surface area (Å²) in [5, 5.41) is 1.21. The summed E-state index contributed by atoms with van der Waals surface area (Å²) in [6.07, 6.45) is 0.951. The van der Waals surface area contributed by atoms with Crippen LogP contribution in [0.3, 0.4) is 0 Å². The number of amides is 1. The Morgan fingerprint density at radius 2 is 1.75 bits per heavy atom. The molecule has 0 aromatic carbocycles. The van der Waals surface area contributed by atoms with Gasteiger partial charge >= 0.3 is 0 Å². The largest absolute Gasteiger partial charge is 0.343 e. The van der Waals surface area contributed by atoms with E-state index in [1.165, 1.54) is 7.05 Å². The molecule has 3 nitrogen and oxygen atoms in total. The van der Waals surface area contributed by atoms with Gasteiger partial charge in [-0.2, -0.15) is 11.8 Å². The van der Waals surface area contributed by atoms with Crippen molar-refractivity contribution in [1.29, 1.82) is 0 Å². The van der Waals surface area contributed by atoms with Crippen molar-refractivity contribution < 1.29 is 4.79 Å². The van der Waals surface area contributed by atoms with Crippen LogP contribution in [0.1, 0.15) is 13.8 Å². The van der Waals surface area contributed by atoms with Crippen LogP contribution in [-0.4, -0.2) is 41.9 Å². The van der Waals surface area contributed by atoms with Gasteiger partial charge in [0.25, 0.3) is 0 Å². The SMILES string of the molecule is CC1CN(C=O)CC(C)S1.CN. The van der Waals surface area contributed by atoms with Crippen LogP contribution < -0.4 is 5.73 Å². The van der Waals surface area contributed by atoms with E-state index in [0.29, 0.717) is 10.5 Å². The first-order valence-electron chi connectivity index (χ1n) is 4.15. The molecule has 2 N–H and O–H groups in total. The number of hydrogen-bond donors (Lipinski definition) is 1. The monoisotopic (exact) mass is 190 g/mol. The summed E-state index contributed by atoms with van der Waals surface area (Å²) in [5.74, 6) is 0. The average molecular weight is 190 g/mol. The van der Waals surface area contributed by atoms with E-state index in [2.05, 4.69) is 19.6 Å². The zero-order valence-corrected chi connectivity index (χ0v) is 8.80. The van der Waals surface area contributed by atoms with Gasteiger partial charge in [0.2, 0.25) is 6.41 Å². The Balaban J connectivity index is 0.000000561. The Hall–Kier alpha value is -0.220. The van der Waals surface area contributed by atoms with Gasteiger partial charge in [0.05, 0.1) is 0 Å². The second-order valence-electron chi connectivity index (χ2n) is 2.82. The third-order valence-electron chi connectivity index (χ3n) is 1.60. The molecule has 1 rings (SSSR count). The molecular weight excluding hydrogens is 172 g/mol. The Morgan fingerprint density at radius 3 is 2.08 bits per heavy atom. The molecule has 1 aliphatic rings. The molecule has 0 aliphatic carbocycles. The van der Waals surface area contributed by atoms with Crippen molar-refractivity contribution in [2.45, 2.75) is 24.3 Å². The van der Waals surface area contributed by atoms with Crippen molar-refractivity contribution in [1.82, 2.24) is 4.90 Å². The fraction of sp³-hybridized carbons (Fsp3) is 0.875. The zero-order chi connectivity index (χ0) is 9.56. The highest BCUT2D eigenvalue weighted by Crippen LogP contribution is 2.23. The van der Waals surface area contributed by atoms with Gasteiger partial charge in [0.15, 0.2) is 0 Å². The summed E-state index contributed by atoms with van der Waals surface area (Å²) in [5.41, 5.74) is 4.50. The molecule has 1 saturated heterocycles. The van der Waals surface area contributed by atoms with Gasteiger partial charge in [-0.25, -0.2) is 0 Å². The molecule has 0 saturated carbocycles. The summed E-state index contributed by atoms with van der Waals surface area (Å²) in [7, 11) is 1.50. The molecule has 0 aromatic rings. The van der Waals surface area contributed by atoms with Crippen molar-refractivity contribution in [2.75, 3.05) is 20.1 Å². The van der Waals surface area contributed by atoms with Gasteiger partial charge < -0.3 is 10.6 Å². The maximum atomic E-state index is 10.4. The Bertz CT molecular complexity index is 122. The fourth-order valence-corrected chi connectivity index (χ4v) is 2.65. The number of hydrogen-bond acceptors (Lipinski definition) is 3. The first kappa shape index (κ1) is 11.8. The van der Waals surface area contributed by atoms with E-state index in [1.807, 2.05) is 16.7 Å². The van der Waals surface area contributed by atoms with Crippen LogP contribution in [0.2, 0.25) is 0 Å². The van der Waals surface area contributed by atoms with Gasteiger partial charge in [0, 0.05) is 23.6 Å². The predicted octanol–water partition coefficient (Wildman–Crippen LogP) is 0.543. The zero-order valence-electron chi connectivity index (χ0n) is 7.99. The molecule has 12 heavy (non-hydrogen) atoms. The second-order valence-corrected chi connectivity index (χ2v) is 4.70. The molecule has 0 spiro atoms. The molecule has 0 aromatic heterocycles. The maximum absolute atomic E-state index is 10.4. The van der Waals surface area contributed by atoms with E-state index < -0.39 is 0 Å². The van der Waals surface area contributed by atoms with Crippen LogP contribution >= 0.6 is 11.8 Å². The molecule has 2 atom stereocenters. The lowest BCUT2D eigenvalue weighted by Gasteiger charge is -2.31. The minimum absolute atomic E-state index is 0.606. The number of thioether (sulfide) groups is 1. The molecular formula is C8H18N2OS. The van der Waals surface area contributed by atoms with E-state index in [4.69, 9.17) is 0 Å². The van der Waals surface area contributed by atoms with Gasteiger partial charge in [-0.05, 0) is 7.05 Å². The third kappa shape index (κ3) is 3.97. The summed E-state index contributed by atoms with van der Waals surface area (Å²) in [4.78, 5) is 12.2. The van der Waals surface area contributed by atoms with Crippen molar-refractivity contribution in [3.8, 4) is 0 Å². The number of nitrogens with two attached hydrogens (primary N) is 1. The highest BCUT2D eigenvalue weighted by atomic mass is 32.2. The van der Waals surface area contributed by atoms with Crippen molar-refractivity contribution in [2.24, 2.45) is 5.73 Å². The molecule has 1 fully saturated rings. The molecule has 72 valence electrons. The standard InChI is InChI=1S/C7H13NOS.CH5N/c1-6-3-8(5-9)4-7(2)10-6;1-2/h5-7H,3-4H2,1-2H3;2H2,1H3. The minimum atomic E-state index is 0.606. The quantitative estimate of drug-likeness (QED) is 0.614. The van der Waals surface area contributed by atoms with Gasteiger partial charge in [-0.1, -0.05) is 13.8 Å². The first-order chi connectivity index (χ1) is 5.72. The summed E-state index contributed by atoms with van der Waals surface area (Å²) in [6, 6.07) is 0. The highest BCUT2D eigenvalue weighted by molar-refractivity contribution is 8.00. The predicted molar refractivity (Wildman–Crippen MR) is 54.3 cm³/mol. The van der Waals surface area contributed by atoms with Gasteiger partial charge in [-0.3, -0.25) is 4.79 Å². The lowest BCUT2D eigenvalue weighted by molar-refractivity contribution is -0.118. The Kier molecular flexibility index (Phi) is 6.20. The summed E-state index contributed by atoms with van der Waals surface area (Å²) >= 11 is 1.96. The Labute approximate surface area is 78.7 Å². The van der Waals surface area contributed by atoms with Crippen molar-refractivity contribution in [3.63, 3.8) is 0 Å². The van der Waals surface area contributed by atoms with Crippen LogP contribution in [0.5, 0.6) is 0 Å². The number of carbonyl (C=O) groups is 1. The van der Waals surface area contributed by atoms with Crippen LogP contribution in [0.25, 0.3) is 0 Å². The van der Waals surface area contributed by atoms with Crippen LogP contribution in [0.15, 0.2) is 0 Å². The smallest absolute Gasteiger partial charge is 0.209 e. The van der Waals surface area contributed by atoms with E-state index in [1.54, 1.807) is 0 Å². The van der Waals surface area contributed by atoms with Crippen molar-refractivity contribution >= 4 is 18.2 Å². The molecule has 1 amide bonds. The van der Waals surface area contributed by atoms with E-state index in [0.717, 1.165) is 19.5 Å². The summed E-state index contributed by atoms with van der Waals surface area (Å²) < 4.78 is 0. The molecule has 1 heterocycles. The molecule has 4 heteroatoms. The fourth-order valence-electron chi connectivity index (χ4n) is 1.30. The molecule has 1 aliphatic heterocycles. The lowest BCUT2D eigenvalue weighted by atomic mass is 10.3. The average Bonchev–Trinajstić information content (AvgIpc) is 2.06. The van der Waals surface area contributed by atoms with Crippen LogP contribution in [0.4, 0.5) is 0 Å². The topological polar surface area (TPSA) is 46.3 Å². The van der Waals surface area contributed by atoms with E-state index in [9.17, 15) is 4.79 Å². The lowest BCUT2D eigenvalue weighted by Crippen LogP contribution is -2.39. The summed E-state index contributed by atoms with van der Waals surface area (Å²) in [6.45, 7) is 6.16. The number of rotatable bonds is 1. The number of nitrogens with zero attached hydrogens (tertiary/aromatic N) is 1. The van der Waals surface area contributed by atoms with Crippen molar-refractivity contribution in [3.05, 3.63) is 0 Å². The number of carbonyl (C=O) groups excluding carboxylic acids is 1. The second kappa shape index (κ2) is 6.31.